The molecule has 1 rings (SSSR count). The zero-order chi connectivity index (χ0) is 7.61. The fraction of sp³-hybridized carbons (Fsp3) is 1.00. The summed E-state index contributed by atoms with van der Waals surface area (Å²) in [4.78, 5) is 0. The highest BCUT2D eigenvalue weighted by Crippen LogP contribution is 2.41. The first-order valence-corrected chi connectivity index (χ1v) is 5.35. The Hall–Kier alpha value is 0.480. The van der Waals surface area contributed by atoms with E-state index in [1.165, 1.54) is 31.0 Å². The smallest absolute Gasteiger partial charge is 0.00647 e. The van der Waals surface area contributed by atoms with Crippen molar-refractivity contribution >= 4 is 15.9 Å². The summed E-state index contributed by atoms with van der Waals surface area (Å²) >= 11 is 3.59. The minimum atomic E-state index is 0.599. The lowest BCUT2D eigenvalue weighted by atomic mass is 9.70. The van der Waals surface area contributed by atoms with E-state index < -0.39 is 0 Å². The molecule has 0 spiro atoms. The Bertz CT molecular complexity index is 107. The second-order valence-corrected chi connectivity index (χ2v) is 4.73. The van der Waals surface area contributed by atoms with Gasteiger partial charge in [0.15, 0.2) is 0 Å². The van der Waals surface area contributed by atoms with Gasteiger partial charge in [-0.2, -0.15) is 0 Å². The average molecular weight is 205 g/mol. The van der Waals surface area contributed by atoms with Gasteiger partial charge >= 0.3 is 0 Å². The third-order valence-electron chi connectivity index (χ3n) is 2.92. The standard InChI is InChI=1S/C9H17Br/c1-9(2)6-4-3-5-8(9)7-10/h8H,3-7H2,1-2H3/t8-/m0/s1. The Morgan fingerprint density at radius 1 is 1.40 bits per heavy atom. The lowest BCUT2D eigenvalue weighted by molar-refractivity contribution is 0.159. The molecule has 0 aromatic heterocycles. The SMILES string of the molecule is CC1(C)CCCC[C@H]1CBr. The van der Waals surface area contributed by atoms with E-state index in [2.05, 4.69) is 29.8 Å². The summed E-state index contributed by atoms with van der Waals surface area (Å²) in [5.41, 5.74) is 0.599. The molecule has 1 atom stereocenters. The third kappa shape index (κ3) is 1.75. The molecule has 0 unspecified atom stereocenters. The average Bonchev–Trinajstić information content (AvgIpc) is 1.87. The summed E-state index contributed by atoms with van der Waals surface area (Å²) in [6, 6.07) is 0. The minimum Gasteiger partial charge on any atom is -0.0925 e. The van der Waals surface area contributed by atoms with Gasteiger partial charge in [-0.05, 0) is 24.2 Å². The zero-order valence-corrected chi connectivity index (χ0v) is 8.58. The van der Waals surface area contributed by atoms with Crippen molar-refractivity contribution in [2.75, 3.05) is 5.33 Å². The van der Waals surface area contributed by atoms with Crippen LogP contribution in [0.3, 0.4) is 0 Å². The van der Waals surface area contributed by atoms with Crippen LogP contribution in [0, 0.1) is 11.3 Å². The first kappa shape index (κ1) is 8.58. The topological polar surface area (TPSA) is 0 Å². The maximum atomic E-state index is 3.59. The molecule has 0 aliphatic heterocycles. The van der Waals surface area contributed by atoms with E-state index in [1.807, 2.05) is 0 Å². The van der Waals surface area contributed by atoms with Crippen LogP contribution in [-0.2, 0) is 0 Å². The van der Waals surface area contributed by atoms with Crippen molar-refractivity contribution in [1.29, 1.82) is 0 Å². The van der Waals surface area contributed by atoms with Gasteiger partial charge in [0.1, 0.15) is 0 Å². The third-order valence-corrected chi connectivity index (χ3v) is 3.70. The number of hydrogen-bond acceptors (Lipinski definition) is 0. The molecule has 0 saturated heterocycles. The molecule has 1 aliphatic carbocycles. The van der Waals surface area contributed by atoms with Gasteiger partial charge in [-0.15, -0.1) is 0 Å². The summed E-state index contributed by atoms with van der Waals surface area (Å²) in [6.45, 7) is 4.80. The van der Waals surface area contributed by atoms with E-state index in [4.69, 9.17) is 0 Å². The molecule has 0 heterocycles. The highest BCUT2D eigenvalue weighted by Gasteiger charge is 2.30. The van der Waals surface area contributed by atoms with Crippen LogP contribution in [-0.4, -0.2) is 5.33 Å². The summed E-state index contributed by atoms with van der Waals surface area (Å²) < 4.78 is 0. The largest absolute Gasteiger partial charge is 0.0925 e. The van der Waals surface area contributed by atoms with Crippen molar-refractivity contribution in [2.45, 2.75) is 39.5 Å². The van der Waals surface area contributed by atoms with Crippen LogP contribution in [0.5, 0.6) is 0 Å². The lowest BCUT2D eigenvalue weighted by Crippen LogP contribution is -2.28. The molecule has 1 heteroatoms. The van der Waals surface area contributed by atoms with Crippen molar-refractivity contribution < 1.29 is 0 Å². The molecular weight excluding hydrogens is 188 g/mol. The summed E-state index contributed by atoms with van der Waals surface area (Å²) in [6.07, 6.45) is 5.73. The summed E-state index contributed by atoms with van der Waals surface area (Å²) in [7, 11) is 0. The first-order valence-electron chi connectivity index (χ1n) is 4.23. The molecule has 60 valence electrons. The van der Waals surface area contributed by atoms with Gasteiger partial charge in [0, 0.05) is 5.33 Å². The van der Waals surface area contributed by atoms with Crippen molar-refractivity contribution in [2.24, 2.45) is 11.3 Å². The normalized spacial score (nSPS) is 32.1. The number of alkyl halides is 1. The second-order valence-electron chi connectivity index (χ2n) is 4.09. The van der Waals surface area contributed by atoms with Crippen LogP contribution in [0.25, 0.3) is 0 Å². The molecule has 10 heavy (non-hydrogen) atoms. The van der Waals surface area contributed by atoms with Crippen LogP contribution < -0.4 is 0 Å². The maximum absolute atomic E-state index is 3.59. The van der Waals surface area contributed by atoms with Crippen LogP contribution in [0.1, 0.15) is 39.5 Å². The molecule has 0 nitrogen and oxygen atoms in total. The maximum Gasteiger partial charge on any atom is 0.00647 e. The predicted octanol–water partition coefficient (Wildman–Crippen LogP) is 3.60. The Kier molecular flexibility index (Phi) is 2.79. The van der Waals surface area contributed by atoms with E-state index in [1.54, 1.807) is 0 Å². The van der Waals surface area contributed by atoms with Crippen molar-refractivity contribution in [3.05, 3.63) is 0 Å². The molecule has 0 amide bonds. The zero-order valence-electron chi connectivity index (χ0n) is 6.99. The van der Waals surface area contributed by atoms with Gasteiger partial charge in [0.2, 0.25) is 0 Å². The van der Waals surface area contributed by atoms with Gasteiger partial charge in [0.25, 0.3) is 0 Å². The number of hydrogen-bond donors (Lipinski definition) is 0. The Labute approximate surface area is 72.5 Å². The molecule has 1 saturated carbocycles. The molecule has 0 aromatic rings. The van der Waals surface area contributed by atoms with E-state index >= 15 is 0 Å². The van der Waals surface area contributed by atoms with Crippen LogP contribution >= 0.6 is 15.9 Å². The predicted molar refractivity (Wildman–Crippen MR) is 49.5 cm³/mol. The summed E-state index contributed by atoms with van der Waals surface area (Å²) in [5, 5.41) is 1.19. The highest BCUT2D eigenvalue weighted by atomic mass is 79.9. The Morgan fingerprint density at radius 2 is 2.10 bits per heavy atom. The molecule has 0 bridgehead atoms. The molecular formula is C9H17Br. The fourth-order valence-electron chi connectivity index (χ4n) is 1.85. The van der Waals surface area contributed by atoms with Crippen molar-refractivity contribution in [1.82, 2.24) is 0 Å². The minimum absolute atomic E-state index is 0.599. The van der Waals surface area contributed by atoms with E-state index in [0.29, 0.717) is 5.41 Å². The summed E-state index contributed by atoms with van der Waals surface area (Å²) in [5.74, 6) is 0.918. The van der Waals surface area contributed by atoms with Gasteiger partial charge < -0.3 is 0 Å². The van der Waals surface area contributed by atoms with Crippen molar-refractivity contribution in [3.8, 4) is 0 Å². The molecule has 0 N–H and O–H groups in total. The first-order chi connectivity index (χ1) is 4.67. The highest BCUT2D eigenvalue weighted by molar-refractivity contribution is 9.09. The van der Waals surface area contributed by atoms with E-state index in [-0.39, 0.29) is 0 Å². The van der Waals surface area contributed by atoms with Gasteiger partial charge in [-0.1, -0.05) is 42.6 Å². The molecule has 1 fully saturated rings. The van der Waals surface area contributed by atoms with Crippen LogP contribution in [0.4, 0.5) is 0 Å². The molecule has 0 aromatic carbocycles. The van der Waals surface area contributed by atoms with E-state index in [0.717, 1.165) is 5.92 Å². The quantitative estimate of drug-likeness (QED) is 0.574. The van der Waals surface area contributed by atoms with Crippen molar-refractivity contribution in [3.63, 3.8) is 0 Å². The van der Waals surface area contributed by atoms with Gasteiger partial charge in [0.05, 0.1) is 0 Å². The Balaban J connectivity index is 2.51. The second kappa shape index (κ2) is 3.25. The van der Waals surface area contributed by atoms with Gasteiger partial charge in [-0.3, -0.25) is 0 Å². The van der Waals surface area contributed by atoms with Gasteiger partial charge in [-0.25, -0.2) is 0 Å². The Morgan fingerprint density at radius 3 is 2.50 bits per heavy atom. The number of rotatable bonds is 1. The monoisotopic (exact) mass is 204 g/mol. The fourth-order valence-corrected chi connectivity index (χ4v) is 3.05. The van der Waals surface area contributed by atoms with Crippen LogP contribution in [0.2, 0.25) is 0 Å². The van der Waals surface area contributed by atoms with E-state index in [9.17, 15) is 0 Å². The molecule has 0 radical (unpaired) electrons. The lowest BCUT2D eigenvalue weighted by Gasteiger charge is -2.37. The molecule has 1 aliphatic rings. The number of halogens is 1. The van der Waals surface area contributed by atoms with Crippen LogP contribution in [0.15, 0.2) is 0 Å².